The SMILES string of the molecule is Cc1cnc(N)nc1Nc1cccc(Cl)c1. The van der Waals surface area contributed by atoms with Crippen LogP contribution < -0.4 is 11.1 Å². The van der Waals surface area contributed by atoms with Gasteiger partial charge in [-0.1, -0.05) is 17.7 Å². The standard InChI is InChI=1S/C11H11ClN4/c1-7-6-14-11(13)16-10(7)15-9-4-2-3-8(12)5-9/h2-6H,1H3,(H3,13,14,15,16). The second kappa shape index (κ2) is 4.37. The molecule has 0 saturated carbocycles. The van der Waals surface area contributed by atoms with Crippen LogP contribution in [0, 0.1) is 6.92 Å². The monoisotopic (exact) mass is 234 g/mol. The number of nitrogens with one attached hydrogen (secondary N) is 1. The summed E-state index contributed by atoms with van der Waals surface area (Å²) in [6.45, 7) is 1.91. The highest BCUT2D eigenvalue weighted by Crippen LogP contribution is 2.20. The number of nitrogen functional groups attached to an aromatic ring is 1. The molecule has 0 spiro atoms. The van der Waals surface area contributed by atoms with Gasteiger partial charge >= 0.3 is 0 Å². The quantitative estimate of drug-likeness (QED) is 0.839. The Bertz CT molecular complexity index is 513. The number of nitrogens with two attached hydrogens (primary N) is 1. The highest BCUT2D eigenvalue weighted by molar-refractivity contribution is 6.30. The summed E-state index contributed by atoms with van der Waals surface area (Å²) >= 11 is 5.88. The number of nitrogens with zero attached hydrogens (tertiary/aromatic N) is 2. The summed E-state index contributed by atoms with van der Waals surface area (Å²) in [7, 11) is 0. The molecule has 0 aliphatic rings. The van der Waals surface area contributed by atoms with Gasteiger partial charge in [0.25, 0.3) is 0 Å². The van der Waals surface area contributed by atoms with E-state index in [1.54, 1.807) is 6.20 Å². The average Bonchev–Trinajstić information content (AvgIpc) is 2.24. The van der Waals surface area contributed by atoms with Crippen LogP contribution in [0.15, 0.2) is 30.5 Å². The summed E-state index contributed by atoms with van der Waals surface area (Å²) in [4.78, 5) is 8.01. The fourth-order valence-electron chi connectivity index (χ4n) is 1.29. The van der Waals surface area contributed by atoms with Crippen molar-refractivity contribution in [3.05, 3.63) is 41.0 Å². The zero-order valence-corrected chi connectivity index (χ0v) is 9.49. The lowest BCUT2D eigenvalue weighted by atomic mass is 10.3. The van der Waals surface area contributed by atoms with Gasteiger partial charge < -0.3 is 11.1 Å². The number of aromatic nitrogens is 2. The van der Waals surface area contributed by atoms with Crippen molar-refractivity contribution in [2.24, 2.45) is 0 Å². The van der Waals surface area contributed by atoms with Crippen LogP contribution in [0.2, 0.25) is 5.02 Å². The smallest absolute Gasteiger partial charge is 0.221 e. The van der Waals surface area contributed by atoms with Gasteiger partial charge in [-0.2, -0.15) is 4.98 Å². The molecule has 0 aliphatic heterocycles. The third-order valence-corrected chi connectivity index (χ3v) is 2.31. The Morgan fingerprint density at radius 2 is 2.19 bits per heavy atom. The largest absolute Gasteiger partial charge is 0.368 e. The second-order valence-corrected chi connectivity index (χ2v) is 3.83. The van der Waals surface area contributed by atoms with Crippen LogP contribution >= 0.6 is 11.6 Å². The van der Waals surface area contributed by atoms with Gasteiger partial charge in [0.15, 0.2) is 0 Å². The molecular weight excluding hydrogens is 224 g/mol. The van der Waals surface area contributed by atoms with Crippen LogP contribution in [-0.4, -0.2) is 9.97 Å². The molecule has 0 aliphatic carbocycles. The molecule has 0 radical (unpaired) electrons. The Balaban J connectivity index is 2.30. The first kappa shape index (κ1) is 10.7. The Hall–Kier alpha value is -1.81. The third-order valence-electron chi connectivity index (χ3n) is 2.08. The number of rotatable bonds is 2. The van der Waals surface area contributed by atoms with E-state index in [-0.39, 0.29) is 5.95 Å². The van der Waals surface area contributed by atoms with Crippen molar-refractivity contribution in [3.8, 4) is 0 Å². The topological polar surface area (TPSA) is 63.8 Å². The molecule has 0 unspecified atom stereocenters. The highest BCUT2D eigenvalue weighted by Gasteiger charge is 2.02. The van der Waals surface area contributed by atoms with Crippen LogP contribution in [-0.2, 0) is 0 Å². The summed E-state index contributed by atoms with van der Waals surface area (Å²) in [5, 5.41) is 3.81. The minimum Gasteiger partial charge on any atom is -0.368 e. The molecule has 0 fully saturated rings. The van der Waals surface area contributed by atoms with Gasteiger partial charge in [0.1, 0.15) is 5.82 Å². The molecule has 16 heavy (non-hydrogen) atoms. The van der Waals surface area contributed by atoms with E-state index < -0.39 is 0 Å². The molecule has 82 valence electrons. The van der Waals surface area contributed by atoms with Gasteiger partial charge in [-0.25, -0.2) is 4.98 Å². The third kappa shape index (κ3) is 2.41. The van der Waals surface area contributed by atoms with E-state index in [9.17, 15) is 0 Å². The fraction of sp³-hybridized carbons (Fsp3) is 0.0909. The maximum atomic E-state index is 5.88. The number of halogens is 1. The number of aryl methyl sites for hydroxylation is 1. The minimum atomic E-state index is 0.245. The van der Waals surface area contributed by atoms with Gasteiger partial charge in [-0.3, -0.25) is 0 Å². The van der Waals surface area contributed by atoms with Crippen molar-refractivity contribution in [3.63, 3.8) is 0 Å². The average molecular weight is 235 g/mol. The predicted molar refractivity (Wildman–Crippen MR) is 65.9 cm³/mol. The summed E-state index contributed by atoms with van der Waals surface area (Å²) in [5.41, 5.74) is 7.32. The van der Waals surface area contributed by atoms with Gasteiger partial charge in [0, 0.05) is 22.5 Å². The van der Waals surface area contributed by atoms with Crippen molar-refractivity contribution < 1.29 is 0 Å². The van der Waals surface area contributed by atoms with Crippen molar-refractivity contribution in [2.45, 2.75) is 6.92 Å². The van der Waals surface area contributed by atoms with Crippen LogP contribution in [0.1, 0.15) is 5.56 Å². The maximum Gasteiger partial charge on any atom is 0.221 e. The highest BCUT2D eigenvalue weighted by atomic mass is 35.5. The summed E-state index contributed by atoms with van der Waals surface area (Å²) < 4.78 is 0. The molecule has 3 N–H and O–H groups in total. The van der Waals surface area contributed by atoms with E-state index in [2.05, 4.69) is 15.3 Å². The zero-order chi connectivity index (χ0) is 11.5. The van der Waals surface area contributed by atoms with E-state index in [0.717, 1.165) is 11.3 Å². The van der Waals surface area contributed by atoms with E-state index in [1.807, 2.05) is 31.2 Å². The Morgan fingerprint density at radius 3 is 2.94 bits per heavy atom. The fourth-order valence-corrected chi connectivity index (χ4v) is 1.48. The number of anilines is 3. The van der Waals surface area contributed by atoms with Gasteiger partial charge in [-0.15, -0.1) is 0 Å². The maximum absolute atomic E-state index is 5.88. The first-order chi connectivity index (χ1) is 7.65. The normalized spacial score (nSPS) is 10.1. The number of hydrogen-bond acceptors (Lipinski definition) is 4. The number of hydrogen-bond donors (Lipinski definition) is 2. The van der Waals surface area contributed by atoms with Gasteiger partial charge in [0.05, 0.1) is 0 Å². The molecule has 5 heteroatoms. The van der Waals surface area contributed by atoms with Crippen molar-refractivity contribution in [1.29, 1.82) is 0 Å². The number of benzene rings is 1. The lowest BCUT2D eigenvalue weighted by Crippen LogP contribution is -2.01. The van der Waals surface area contributed by atoms with Crippen LogP contribution in [0.25, 0.3) is 0 Å². The molecule has 0 bridgehead atoms. The van der Waals surface area contributed by atoms with E-state index >= 15 is 0 Å². The molecular formula is C11H11ClN4. The lowest BCUT2D eigenvalue weighted by molar-refractivity contribution is 1.15. The molecule has 4 nitrogen and oxygen atoms in total. The first-order valence-electron chi connectivity index (χ1n) is 4.77. The van der Waals surface area contributed by atoms with Crippen molar-refractivity contribution in [2.75, 3.05) is 11.1 Å². The van der Waals surface area contributed by atoms with Gasteiger partial charge in [0.2, 0.25) is 5.95 Å². The molecule has 2 aromatic rings. The van der Waals surface area contributed by atoms with Crippen molar-refractivity contribution in [1.82, 2.24) is 9.97 Å². The molecule has 0 saturated heterocycles. The summed E-state index contributed by atoms with van der Waals surface area (Å²) in [6, 6.07) is 7.40. The van der Waals surface area contributed by atoms with Gasteiger partial charge in [-0.05, 0) is 25.1 Å². The van der Waals surface area contributed by atoms with Crippen LogP contribution in [0.5, 0.6) is 0 Å². The molecule has 1 heterocycles. The summed E-state index contributed by atoms with van der Waals surface area (Å²) in [6.07, 6.45) is 1.68. The van der Waals surface area contributed by atoms with E-state index in [0.29, 0.717) is 10.8 Å². The summed E-state index contributed by atoms with van der Waals surface area (Å²) in [5.74, 6) is 0.935. The molecule has 0 atom stereocenters. The second-order valence-electron chi connectivity index (χ2n) is 3.40. The Labute approximate surface area is 98.5 Å². The Kier molecular flexibility index (Phi) is 2.92. The van der Waals surface area contributed by atoms with E-state index in [4.69, 9.17) is 17.3 Å². The lowest BCUT2D eigenvalue weighted by Gasteiger charge is -2.08. The molecule has 0 amide bonds. The first-order valence-corrected chi connectivity index (χ1v) is 5.14. The molecule has 1 aromatic heterocycles. The van der Waals surface area contributed by atoms with Crippen LogP contribution in [0.3, 0.4) is 0 Å². The van der Waals surface area contributed by atoms with Crippen molar-refractivity contribution >= 4 is 29.1 Å². The molecule has 2 rings (SSSR count). The predicted octanol–water partition coefficient (Wildman–Crippen LogP) is 2.76. The van der Waals surface area contributed by atoms with E-state index in [1.165, 1.54) is 0 Å². The van der Waals surface area contributed by atoms with Crippen LogP contribution in [0.4, 0.5) is 17.5 Å². The Morgan fingerprint density at radius 1 is 1.38 bits per heavy atom. The zero-order valence-electron chi connectivity index (χ0n) is 8.74. The minimum absolute atomic E-state index is 0.245. The molecule has 1 aromatic carbocycles.